The third-order valence-electron chi connectivity index (χ3n) is 2.75. The molecule has 1 unspecified atom stereocenters. The minimum atomic E-state index is -3.85. The Bertz CT molecular complexity index is 528. The highest BCUT2D eigenvalue weighted by atomic mass is 32.2. The Balaban J connectivity index is 3.02. The van der Waals surface area contributed by atoms with Gasteiger partial charge in [-0.05, 0) is 19.4 Å². The molecule has 0 aliphatic carbocycles. The van der Waals surface area contributed by atoms with Crippen LogP contribution in [0.5, 0.6) is 0 Å². The average Bonchev–Trinajstić information content (AvgIpc) is 2.35. The Hall–Kier alpha value is -1.44. The van der Waals surface area contributed by atoms with Gasteiger partial charge in [-0.25, -0.2) is 0 Å². The van der Waals surface area contributed by atoms with Crippen LogP contribution in [0.2, 0.25) is 0 Å². The van der Waals surface area contributed by atoms with Crippen molar-refractivity contribution in [1.29, 1.82) is 0 Å². The van der Waals surface area contributed by atoms with Crippen molar-refractivity contribution in [2.45, 2.75) is 25.9 Å². The number of hydrogen-bond acceptors (Lipinski definition) is 3. The Kier molecular flexibility index (Phi) is 5.04. The molecular weight excluding hydrogens is 268 g/mol. The summed E-state index contributed by atoms with van der Waals surface area (Å²) in [5, 5.41) is 9.16. The third kappa shape index (κ3) is 4.02. The number of hydrogen-bond donors (Lipinski definition) is 2. The van der Waals surface area contributed by atoms with Crippen molar-refractivity contribution in [2.75, 3.05) is 7.05 Å². The van der Waals surface area contributed by atoms with E-state index < -0.39 is 22.2 Å². The monoisotopic (exact) mass is 286 g/mol. The summed E-state index contributed by atoms with van der Waals surface area (Å²) in [6, 6.07) is 6.62. The lowest BCUT2D eigenvalue weighted by molar-refractivity contribution is -0.139. The van der Waals surface area contributed by atoms with Crippen molar-refractivity contribution in [3.05, 3.63) is 35.9 Å². The van der Waals surface area contributed by atoms with Gasteiger partial charge in [-0.1, -0.05) is 30.3 Å². The molecule has 0 aromatic heterocycles. The lowest BCUT2D eigenvalue weighted by atomic mass is 10.1. The number of benzene rings is 1. The molecule has 0 saturated heterocycles. The average molecular weight is 286 g/mol. The first kappa shape index (κ1) is 15.6. The van der Waals surface area contributed by atoms with Crippen LogP contribution in [0.25, 0.3) is 0 Å². The van der Waals surface area contributed by atoms with Gasteiger partial charge in [0.1, 0.15) is 6.04 Å². The van der Waals surface area contributed by atoms with Gasteiger partial charge in [0, 0.05) is 13.1 Å². The van der Waals surface area contributed by atoms with Crippen molar-refractivity contribution in [3.8, 4) is 0 Å². The Morgan fingerprint density at radius 3 is 2.21 bits per heavy atom. The van der Waals surface area contributed by atoms with Crippen molar-refractivity contribution >= 4 is 16.2 Å². The Morgan fingerprint density at radius 2 is 1.79 bits per heavy atom. The summed E-state index contributed by atoms with van der Waals surface area (Å²) in [5.74, 6) is -1.24. The van der Waals surface area contributed by atoms with Crippen LogP contribution in [0.3, 0.4) is 0 Å². The van der Waals surface area contributed by atoms with Gasteiger partial charge in [-0.3, -0.25) is 4.79 Å². The smallest absolute Gasteiger partial charge is 0.326 e. The summed E-state index contributed by atoms with van der Waals surface area (Å²) in [7, 11) is -2.45. The van der Waals surface area contributed by atoms with Crippen LogP contribution >= 0.6 is 0 Å². The van der Waals surface area contributed by atoms with E-state index in [1.807, 2.05) is 0 Å². The fourth-order valence-corrected chi connectivity index (χ4v) is 2.67. The molecule has 1 aromatic rings. The maximum Gasteiger partial charge on any atom is 0.326 e. The fourth-order valence-electron chi connectivity index (χ4n) is 1.42. The molecule has 7 heteroatoms. The van der Waals surface area contributed by atoms with Crippen molar-refractivity contribution in [3.63, 3.8) is 0 Å². The molecule has 19 heavy (non-hydrogen) atoms. The normalized spacial score (nSPS) is 13.7. The van der Waals surface area contributed by atoms with E-state index in [-0.39, 0.29) is 6.04 Å². The quantitative estimate of drug-likeness (QED) is 0.816. The van der Waals surface area contributed by atoms with E-state index in [1.165, 1.54) is 7.05 Å². The molecule has 2 N–H and O–H groups in total. The number of carboxylic acids is 1. The molecule has 0 fully saturated rings. The predicted molar refractivity (Wildman–Crippen MR) is 71.8 cm³/mol. The van der Waals surface area contributed by atoms with Gasteiger partial charge in [0.15, 0.2) is 0 Å². The molecule has 0 aliphatic heterocycles. The molecular formula is C12H18N2O4S. The SMILES string of the molecule is CC(C)N(C)S(=O)(=O)NC(C(=O)O)c1ccccc1. The highest BCUT2D eigenvalue weighted by Crippen LogP contribution is 2.15. The molecule has 0 bridgehead atoms. The summed E-state index contributed by atoms with van der Waals surface area (Å²) in [6.07, 6.45) is 0. The largest absolute Gasteiger partial charge is 0.480 e. The first-order chi connectivity index (χ1) is 8.75. The minimum absolute atomic E-state index is 0.261. The second-order valence-electron chi connectivity index (χ2n) is 4.41. The van der Waals surface area contributed by atoms with Gasteiger partial charge >= 0.3 is 5.97 Å². The van der Waals surface area contributed by atoms with Crippen LogP contribution in [0.4, 0.5) is 0 Å². The number of carboxylic acid groups (broad SMARTS) is 1. The van der Waals surface area contributed by atoms with Crippen LogP contribution < -0.4 is 4.72 Å². The third-order valence-corrected chi connectivity index (χ3v) is 4.47. The molecule has 0 radical (unpaired) electrons. The number of nitrogens with zero attached hydrogens (tertiary/aromatic N) is 1. The second kappa shape index (κ2) is 6.14. The molecule has 0 heterocycles. The number of rotatable bonds is 6. The molecule has 0 spiro atoms. The van der Waals surface area contributed by atoms with E-state index in [2.05, 4.69) is 4.72 Å². The molecule has 1 aromatic carbocycles. The fraction of sp³-hybridized carbons (Fsp3) is 0.417. The lowest BCUT2D eigenvalue weighted by Gasteiger charge is -2.24. The highest BCUT2D eigenvalue weighted by Gasteiger charge is 2.29. The molecule has 6 nitrogen and oxygen atoms in total. The van der Waals surface area contributed by atoms with Crippen LogP contribution in [0.15, 0.2) is 30.3 Å². The van der Waals surface area contributed by atoms with Gasteiger partial charge < -0.3 is 5.11 Å². The van der Waals surface area contributed by atoms with Crippen molar-refractivity contribution in [1.82, 2.24) is 9.03 Å². The summed E-state index contributed by atoms with van der Waals surface area (Å²) in [4.78, 5) is 11.2. The molecule has 1 atom stereocenters. The Labute approximate surface area is 113 Å². The number of carbonyl (C=O) groups is 1. The van der Waals surface area contributed by atoms with Crippen LogP contribution in [0.1, 0.15) is 25.5 Å². The van der Waals surface area contributed by atoms with Crippen LogP contribution in [-0.2, 0) is 15.0 Å². The first-order valence-corrected chi connectivity index (χ1v) is 7.22. The van der Waals surface area contributed by atoms with Gasteiger partial charge in [0.05, 0.1) is 0 Å². The summed E-state index contributed by atoms with van der Waals surface area (Å²) in [6.45, 7) is 3.41. The van der Waals surface area contributed by atoms with Crippen molar-refractivity contribution < 1.29 is 18.3 Å². The molecule has 0 amide bonds. The summed E-state index contributed by atoms with van der Waals surface area (Å²) in [5.41, 5.74) is 0.385. The summed E-state index contributed by atoms with van der Waals surface area (Å²) < 4.78 is 27.3. The first-order valence-electron chi connectivity index (χ1n) is 5.78. The molecule has 0 aliphatic rings. The highest BCUT2D eigenvalue weighted by molar-refractivity contribution is 7.87. The van der Waals surface area contributed by atoms with Crippen LogP contribution in [0, 0.1) is 0 Å². The topological polar surface area (TPSA) is 86.7 Å². The second-order valence-corrected chi connectivity index (χ2v) is 6.18. The van der Waals surface area contributed by atoms with Gasteiger partial charge in [0.25, 0.3) is 10.2 Å². The number of aliphatic carboxylic acids is 1. The number of nitrogens with one attached hydrogen (secondary N) is 1. The zero-order valence-corrected chi connectivity index (χ0v) is 11.9. The van der Waals surface area contributed by atoms with E-state index in [0.29, 0.717) is 5.56 Å². The summed E-state index contributed by atoms with van der Waals surface area (Å²) >= 11 is 0. The standard InChI is InChI=1S/C12H18N2O4S/c1-9(2)14(3)19(17,18)13-11(12(15)16)10-7-5-4-6-8-10/h4-9,11,13H,1-3H3,(H,15,16). The maximum atomic E-state index is 12.0. The van der Waals surface area contributed by atoms with Crippen LogP contribution in [-0.4, -0.2) is 36.9 Å². The van der Waals surface area contributed by atoms with E-state index in [4.69, 9.17) is 5.11 Å². The van der Waals surface area contributed by atoms with Gasteiger partial charge in [0.2, 0.25) is 0 Å². The van der Waals surface area contributed by atoms with Crippen molar-refractivity contribution in [2.24, 2.45) is 0 Å². The molecule has 1 rings (SSSR count). The Morgan fingerprint density at radius 1 is 1.26 bits per heavy atom. The van der Waals surface area contributed by atoms with Gasteiger partial charge in [-0.15, -0.1) is 0 Å². The van der Waals surface area contributed by atoms with E-state index in [1.54, 1.807) is 44.2 Å². The zero-order chi connectivity index (χ0) is 14.6. The molecule has 0 saturated carbocycles. The van der Waals surface area contributed by atoms with Gasteiger partial charge in [-0.2, -0.15) is 17.4 Å². The van der Waals surface area contributed by atoms with E-state index in [9.17, 15) is 13.2 Å². The molecule has 106 valence electrons. The lowest BCUT2D eigenvalue weighted by Crippen LogP contribution is -2.45. The predicted octanol–water partition coefficient (Wildman–Crippen LogP) is 0.987. The zero-order valence-electron chi connectivity index (χ0n) is 11.1. The maximum absolute atomic E-state index is 12.0. The van der Waals surface area contributed by atoms with E-state index in [0.717, 1.165) is 4.31 Å². The minimum Gasteiger partial charge on any atom is -0.480 e. The van der Waals surface area contributed by atoms with E-state index >= 15 is 0 Å².